The second kappa shape index (κ2) is 6.13. The van der Waals surface area contributed by atoms with Crippen molar-refractivity contribution in [2.24, 2.45) is 0 Å². The molecule has 6 heteroatoms. The fourth-order valence-electron chi connectivity index (χ4n) is 2.67. The van der Waals surface area contributed by atoms with Crippen LogP contribution in [0.25, 0.3) is 0 Å². The third kappa shape index (κ3) is 3.16. The number of anilines is 1. The van der Waals surface area contributed by atoms with Crippen LogP contribution < -0.4 is 4.90 Å². The molecule has 1 unspecified atom stereocenters. The number of hydrogen-bond donors (Lipinski definition) is 1. The summed E-state index contributed by atoms with van der Waals surface area (Å²) in [6, 6.07) is 6.50. The Balaban J connectivity index is 2.22. The summed E-state index contributed by atoms with van der Waals surface area (Å²) in [7, 11) is 3.65. The predicted molar refractivity (Wildman–Crippen MR) is 80.9 cm³/mol. The van der Waals surface area contributed by atoms with Crippen molar-refractivity contribution in [3.8, 4) is 0 Å². The summed E-state index contributed by atoms with van der Waals surface area (Å²) in [5, 5.41) is 9.24. The first-order valence-corrected chi connectivity index (χ1v) is 6.97. The highest BCUT2D eigenvalue weighted by molar-refractivity contribution is 6.01. The van der Waals surface area contributed by atoms with Gasteiger partial charge in [0.05, 0.1) is 11.3 Å². The van der Waals surface area contributed by atoms with E-state index in [0.717, 1.165) is 13.1 Å². The molecule has 0 saturated carbocycles. The number of amides is 2. The standard InChI is InChI=1S/C15H21N3O3/c1-11-10-16(2)8-9-18(11)15(21)17(3)13-7-5-4-6-12(13)14(19)20/h4-7,11H,8-10H2,1-3H3,(H,19,20). The fraction of sp³-hybridized carbons (Fsp3) is 0.467. The first-order valence-electron chi connectivity index (χ1n) is 6.97. The predicted octanol–water partition coefficient (Wildman–Crippen LogP) is 1.58. The van der Waals surface area contributed by atoms with Gasteiger partial charge in [0.2, 0.25) is 0 Å². The summed E-state index contributed by atoms with van der Waals surface area (Å²) in [6.07, 6.45) is 0. The first-order chi connectivity index (χ1) is 9.91. The number of benzene rings is 1. The maximum Gasteiger partial charge on any atom is 0.337 e. The highest BCUT2D eigenvalue weighted by Gasteiger charge is 2.29. The van der Waals surface area contributed by atoms with Gasteiger partial charge in [-0.3, -0.25) is 4.90 Å². The van der Waals surface area contributed by atoms with Gasteiger partial charge in [0.25, 0.3) is 0 Å². The maximum atomic E-state index is 12.6. The molecular formula is C15H21N3O3. The van der Waals surface area contributed by atoms with Gasteiger partial charge in [-0.05, 0) is 26.1 Å². The SMILES string of the molecule is CC1CN(C)CCN1C(=O)N(C)c1ccccc1C(=O)O. The van der Waals surface area contributed by atoms with Crippen LogP contribution in [0.5, 0.6) is 0 Å². The fourth-order valence-corrected chi connectivity index (χ4v) is 2.67. The van der Waals surface area contributed by atoms with Gasteiger partial charge in [0.15, 0.2) is 0 Å². The molecule has 21 heavy (non-hydrogen) atoms. The van der Waals surface area contributed by atoms with Gasteiger partial charge in [-0.2, -0.15) is 0 Å². The Hall–Kier alpha value is -2.08. The zero-order valence-corrected chi connectivity index (χ0v) is 12.6. The molecule has 1 aliphatic rings. The Morgan fingerprint density at radius 1 is 1.29 bits per heavy atom. The number of piperazine rings is 1. The molecule has 1 aromatic rings. The molecule has 114 valence electrons. The van der Waals surface area contributed by atoms with Crippen molar-refractivity contribution in [1.82, 2.24) is 9.80 Å². The van der Waals surface area contributed by atoms with Gasteiger partial charge in [-0.25, -0.2) is 9.59 Å². The molecular weight excluding hydrogens is 270 g/mol. The van der Waals surface area contributed by atoms with Crippen LogP contribution in [0.3, 0.4) is 0 Å². The van der Waals surface area contributed by atoms with Crippen LogP contribution in [0.15, 0.2) is 24.3 Å². The Morgan fingerprint density at radius 3 is 2.57 bits per heavy atom. The van der Waals surface area contributed by atoms with Crippen molar-refractivity contribution in [3.63, 3.8) is 0 Å². The molecule has 1 aliphatic heterocycles. The second-order valence-corrected chi connectivity index (χ2v) is 5.47. The number of aromatic carboxylic acids is 1. The normalized spacial score (nSPS) is 19.4. The Labute approximate surface area is 124 Å². The number of carbonyl (C=O) groups excluding carboxylic acids is 1. The van der Waals surface area contributed by atoms with Crippen LogP contribution in [-0.4, -0.2) is 66.7 Å². The van der Waals surface area contributed by atoms with Crippen LogP contribution in [0, 0.1) is 0 Å². The van der Waals surface area contributed by atoms with Crippen LogP contribution in [0.2, 0.25) is 0 Å². The van der Waals surface area contributed by atoms with Gasteiger partial charge in [-0.15, -0.1) is 0 Å². The molecule has 0 spiro atoms. The Kier molecular flexibility index (Phi) is 4.47. The number of para-hydroxylation sites is 1. The van der Waals surface area contributed by atoms with Gasteiger partial charge in [-0.1, -0.05) is 12.1 Å². The molecule has 1 aromatic carbocycles. The molecule has 2 amide bonds. The third-order valence-electron chi connectivity index (χ3n) is 3.86. The van der Waals surface area contributed by atoms with Crippen LogP contribution in [-0.2, 0) is 0 Å². The summed E-state index contributed by atoms with van der Waals surface area (Å²) >= 11 is 0. The molecule has 6 nitrogen and oxygen atoms in total. The number of nitrogens with zero attached hydrogens (tertiary/aromatic N) is 3. The van der Waals surface area contributed by atoms with Crippen LogP contribution >= 0.6 is 0 Å². The van der Waals surface area contributed by atoms with E-state index in [1.807, 2.05) is 14.0 Å². The first kappa shape index (κ1) is 15.3. The van der Waals surface area contributed by atoms with Crippen molar-refractivity contribution in [1.29, 1.82) is 0 Å². The van der Waals surface area contributed by atoms with Crippen molar-refractivity contribution < 1.29 is 14.7 Å². The average Bonchev–Trinajstić information content (AvgIpc) is 2.45. The molecule has 1 N–H and O–H groups in total. The van der Waals surface area contributed by atoms with Crippen LogP contribution in [0.4, 0.5) is 10.5 Å². The van der Waals surface area contributed by atoms with Crippen LogP contribution in [0.1, 0.15) is 17.3 Å². The Bertz CT molecular complexity index is 547. The number of carboxylic acids is 1. The molecule has 0 aliphatic carbocycles. The quantitative estimate of drug-likeness (QED) is 0.898. The summed E-state index contributed by atoms with van der Waals surface area (Å²) in [4.78, 5) is 29.3. The van der Waals surface area contributed by atoms with E-state index in [0.29, 0.717) is 12.2 Å². The van der Waals surface area contributed by atoms with Crippen molar-refractivity contribution in [3.05, 3.63) is 29.8 Å². The summed E-state index contributed by atoms with van der Waals surface area (Å²) in [5.41, 5.74) is 0.552. The molecule has 1 atom stereocenters. The summed E-state index contributed by atoms with van der Waals surface area (Å²) < 4.78 is 0. The van der Waals surface area contributed by atoms with E-state index in [4.69, 9.17) is 0 Å². The smallest absolute Gasteiger partial charge is 0.337 e. The van der Waals surface area contributed by atoms with Crippen molar-refractivity contribution in [2.45, 2.75) is 13.0 Å². The van der Waals surface area contributed by atoms with Crippen molar-refractivity contribution >= 4 is 17.7 Å². The molecule has 0 radical (unpaired) electrons. The molecule has 1 heterocycles. The molecule has 0 aromatic heterocycles. The van der Waals surface area contributed by atoms with E-state index in [2.05, 4.69) is 4.90 Å². The van der Waals surface area contributed by atoms with Crippen molar-refractivity contribution in [2.75, 3.05) is 38.6 Å². The molecule has 2 rings (SSSR count). The highest BCUT2D eigenvalue weighted by Crippen LogP contribution is 2.21. The number of rotatable bonds is 2. The number of carbonyl (C=O) groups is 2. The number of carboxylic acid groups (broad SMARTS) is 1. The molecule has 1 fully saturated rings. The molecule has 0 bridgehead atoms. The summed E-state index contributed by atoms with van der Waals surface area (Å²) in [5.74, 6) is -1.03. The minimum absolute atomic E-state index is 0.107. The van der Waals surface area contributed by atoms with E-state index in [-0.39, 0.29) is 17.6 Å². The lowest BCUT2D eigenvalue weighted by atomic mass is 10.1. The largest absolute Gasteiger partial charge is 0.478 e. The van der Waals surface area contributed by atoms with Gasteiger partial charge < -0.3 is 14.9 Å². The zero-order chi connectivity index (χ0) is 15.6. The van der Waals surface area contributed by atoms with E-state index in [9.17, 15) is 14.7 Å². The van der Waals surface area contributed by atoms with E-state index < -0.39 is 5.97 Å². The number of hydrogen-bond acceptors (Lipinski definition) is 3. The lowest BCUT2D eigenvalue weighted by Gasteiger charge is -2.40. The Morgan fingerprint density at radius 2 is 1.95 bits per heavy atom. The van der Waals surface area contributed by atoms with Gasteiger partial charge in [0.1, 0.15) is 0 Å². The second-order valence-electron chi connectivity index (χ2n) is 5.47. The van der Waals surface area contributed by atoms with E-state index >= 15 is 0 Å². The minimum atomic E-state index is -1.03. The average molecular weight is 291 g/mol. The zero-order valence-electron chi connectivity index (χ0n) is 12.6. The van der Waals surface area contributed by atoms with E-state index in [1.165, 1.54) is 11.0 Å². The van der Waals surface area contributed by atoms with Gasteiger partial charge >= 0.3 is 12.0 Å². The lowest BCUT2D eigenvalue weighted by molar-refractivity contribution is 0.0697. The topological polar surface area (TPSA) is 64.1 Å². The highest BCUT2D eigenvalue weighted by atomic mass is 16.4. The number of likely N-dealkylation sites (N-methyl/N-ethyl adjacent to an activating group) is 1. The van der Waals surface area contributed by atoms with Gasteiger partial charge in [0, 0.05) is 32.7 Å². The lowest BCUT2D eigenvalue weighted by Crippen LogP contribution is -2.56. The third-order valence-corrected chi connectivity index (χ3v) is 3.86. The van der Waals surface area contributed by atoms with E-state index in [1.54, 1.807) is 30.1 Å². The maximum absolute atomic E-state index is 12.6. The number of urea groups is 1. The minimum Gasteiger partial charge on any atom is -0.478 e. The summed E-state index contributed by atoms with van der Waals surface area (Å²) in [6.45, 7) is 4.30. The molecule has 1 saturated heterocycles. The monoisotopic (exact) mass is 291 g/mol.